The van der Waals surface area contributed by atoms with Gasteiger partial charge in [0.15, 0.2) is 0 Å². The van der Waals surface area contributed by atoms with Crippen molar-refractivity contribution >= 4 is 34.2 Å². The Balaban J connectivity index is 2.63. The summed E-state index contributed by atoms with van der Waals surface area (Å²) in [7, 11) is 0. The van der Waals surface area contributed by atoms with Crippen LogP contribution in [0.1, 0.15) is 22.8 Å². The van der Waals surface area contributed by atoms with Gasteiger partial charge in [-0.05, 0) is 31.5 Å². The second kappa shape index (κ2) is 4.82. The van der Waals surface area contributed by atoms with Gasteiger partial charge in [-0.25, -0.2) is 4.79 Å². The molecule has 18 heavy (non-hydrogen) atoms. The molecular formula is C13H13ClN2O2. The van der Waals surface area contributed by atoms with Crippen molar-refractivity contribution in [3.05, 3.63) is 34.5 Å². The van der Waals surface area contributed by atoms with Crippen molar-refractivity contribution in [3.8, 4) is 0 Å². The molecule has 5 heteroatoms. The minimum absolute atomic E-state index is 0.283. The fourth-order valence-corrected chi connectivity index (χ4v) is 1.87. The van der Waals surface area contributed by atoms with Crippen LogP contribution in [0.3, 0.4) is 0 Å². The van der Waals surface area contributed by atoms with Crippen molar-refractivity contribution in [2.24, 2.45) is 0 Å². The number of esters is 1. The maximum atomic E-state index is 11.7. The minimum atomic E-state index is -0.461. The molecule has 2 rings (SSSR count). The van der Waals surface area contributed by atoms with Gasteiger partial charge in [-0.2, -0.15) is 0 Å². The highest BCUT2D eigenvalue weighted by molar-refractivity contribution is 6.32. The topological polar surface area (TPSA) is 65.2 Å². The molecule has 1 heterocycles. The monoisotopic (exact) mass is 264 g/mol. The van der Waals surface area contributed by atoms with E-state index in [9.17, 15) is 4.79 Å². The number of hydrogen-bond acceptors (Lipinski definition) is 4. The van der Waals surface area contributed by atoms with Crippen LogP contribution >= 0.6 is 11.6 Å². The Morgan fingerprint density at radius 3 is 2.89 bits per heavy atom. The molecule has 0 fully saturated rings. The first-order valence-electron chi connectivity index (χ1n) is 5.56. The first-order chi connectivity index (χ1) is 8.54. The summed E-state index contributed by atoms with van der Waals surface area (Å²) in [6, 6.07) is 3.56. The van der Waals surface area contributed by atoms with Crippen molar-refractivity contribution in [1.82, 2.24) is 4.98 Å². The van der Waals surface area contributed by atoms with Crippen LogP contribution in [-0.2, 0) is 4.74 Å². The van der Waals surface area contributed by atoms with E-state index in [-0.39, 0.29) is 5.56 Å². The number of ether oxygens (including phenoxy) is 1. The highest BCUT2D eigenvalue weighted by Crippen LogP contribution is 2.28. The van der Waals surface area contributed by atoms with Crippen LogP contribution in [0, 0.1) is 6.92 Å². The average Bonchev–Trinajstić information content (AvgIpc) is 2.32. The van der Waals surface area contributed by atoms with E-state index in [0.29, 0.717) is 28.2 Å². The molecular weight excluding hydrogens is 252 g/mol. The number of rotatable bonds is 2. The Morgan fingerprint density at radius 2 is 2.22 bits per heavy atom. The number of hydrogen-bond donors (Lipinski definition) is 1. The molecule has 2 N–H and O–H groups in total. The molecule has 0 saturated heterocycles. The van der Waals surface area contributed by atoms with Crippen LogP contribution in [0.5, 0.6) is 0 Å². The standard InChI is InChI=1S/C13H13ClN2O2/c1-3-18-13(17)9-6-16-11-5-10(14)7(2)4-8(11)12(9)15/h4-6H,3H2,1-2H3,(H2,15,16). The number of nitrogens with two attached hydrogens (primary N) is 1. The number of aryl methyl sites for hydroxylation is 1. The van der Waals surface area contributed by atoms with Crippen molar-refractivity contribution < 1.29 is 9.53 Å². The lowest BCUT2D eigenvalue weighted by molar-refractivity contribution is 0.0527. The largest absolute Gasteiger partial charge is 0.462 e. The second-order valence-electron chi connectivity index (χ2n) is 3.92. The Bertz CT molecular complexity index is 626. The summed E-state index contributed by atoms with van der Waals surface area (Å²) in [5.74, 6) is -0.461. The van der Waals surface area contributed by atoms with E-state index in [4.69, 9.17) is 22.1 Å². The zero-order valence-electron chi connectivity index (χ0n) is 10.2. The number of halogens is 1. The molecule has 0 amide bonds. The first-order valence-corrected chi connectivity index (χ1v) is 5.93. The fraction of sp³-hybridized carbons (Fsp3) is 0.231. The maximum absolute atomic E-state index is 11.7. The second-order valence-corrected chi connectivity index (χ2v) is 4.33. The van der Waals surface area contributed by atoms with Crippen molar-refractivity contribution in [2.75, 3.05) is 12.3 Å². The molecule has 94 valence electrons. The van der Waals surface area contributed by atoms with Crippen LogP contribution in [-0.4, -0.2) is 17.6 Å². The zero-order valence-corrected chi connectivity index (χ0v) is 10.9. The highest BCUT2D eigenvalue weighted by Gasteiger charge is 2.14. The van der Waals surface area contributed by atoms with Crippen LogP contribution in [0.25, 0.3) is 10.9 Å². The Hall–Kier alpha value is -1.81. The van der Waals surface area contributed by atoms with Gasteiger partial charge < -0.3 is 10.5 Å². The number of nitrogens with zero attached hydrogens (tertiary/aromatic N) is 1. The third kappa shape index (κ3) is 2.11. The third-order valence-electron chi connectivity index (χ3n) is 2.69. The maximum Gasteiger partial charge on any atom is 0.341 e. The average molecular weight is 265 g/mol. The van der Waals surface area contributed by atoms with Gasteiger partial charge in [-0.3, -0.25) is 4.98 Å². The molecule has 0 unspecified atom stereocenters. The SMILES string of the molecule is CCOC(=O)c1cnc2cc(Cl)c(C)cc2c1N. The van der Waals surface area contributed by atoms with E-state index < -0.39 is 5.97 Å². The van der Waals surface area contributed by atoms with Gasteiger partial charge in [0.05, 0.1) is 17.8 Å². The molecule has 0 atom stereocenters. The Labute approximate surface area is 110 Å². The number of pyridine rings is 1. The van der Waals surface area contributed by atoms with Gasteiger partial charge in [0.25, 0.3) is 0 Å². The van der Waals surface area contributed by atoms with Gasteiger partial charge >= 0.3 is 5.97 Å². The summed E-state index contributed by atoms with van der Waals surface area (Å²) < 4.78 is 4.93. The van der Waals surface area contributed by atoms with Crippen LogP contribution < -0.4 is 5.73 Å². The molecule has 4 nitrogen and oxygen atoms in total. The van der Waals surface area contributed by atoms with E-state index in [1.54, 1.807) is 13.0 Å². The summed E-state index contributed by atoms with van der Waals surface area (Å²) in [4.78, 5) is 15.9. The predicted molar refractivity (Wildman–Crippen MR) is 71.9 cm³/mol. The molecule has 0 aliphatic rings. The van der Waals surface area contributed by atoms with Gasteiger partial charge in [0, 0.05) is 16.6 Å². The number of fused-ring (bicyclic) bond motifs is 1. The zero-order chi connectivity index (χ0) is 13.3. The first kappa shape index (κ1) is 12.6. The molecule has 0 spiro atoms. The predicted octanol–water partition coefficient (Wildman–Crippen LogP) is 2.96. The number of carbonyl (C=O) groups excluding carboxylic acids is 1. The number of aromatic nitrogens is 1. The molecule has 0 saturated carbocycles. The van der Waals surface area contributed by atoms with E-state index >= 15 is 0 Å². The van der Waals surface area contributed by atoms with E-state index in [2.05, 4.69) is 4.98 Å². The molecule has 0 bridgehead atoms. The number of nitrogen functional groups attached to an aromatic ring is 1. The molecule has 0 aliphatic carbocycles. The van der Waals surface area contributed by atoms with Gasteiger partial charge in [-0.1, -0.05) is 11.6 Å². The summed E-state index contributed by atoms with van der Waals surface area (Å²) >= 11 is 6.02. The molecule has 0 aliphatic heterocycles. The van der Waals surface area contributed by atoms with Crippen molar-refractivity contribution in [1.29, 1.82) is 0 Å². The fourth-order valence-electron chi connectivity index (χ4n) is 1.71. The summed E-state index contributed by atoms with van der Waals surface area (Å²) in [5, 5.41) is 1.33. The van der Waals surface area contributed by atoms with Crippen LogP contribution in [0.4, 0.5) is 5.69 Å². The van der Waals surface area contributed by atoms with E-state index in [0.717, 1.165) is 5.56 Å². The molecule has 2 aromatic rings. The highest BCUT2D eigenvalue weighted by atomic mass is 35.5. The normalized spacial score (nSPS) is 10.6. The Morgan fingerprint density at radius 1 is 1.50 bits per heavy atom. The molecule has 1 aromatic carbocycles. The lowest BCUT2D eigenvalue weighted by atomic mass is 10.1. The van der Waals surface area contributed by atoms with Gasteiger partial charge in [-0.15, -0.1) is 0 Å². The lowest BCUT2D eigenvalue weighted by Crippen LogP contribution is -2.09. The quantitative estimate of drug-likeness (QED) is 0.847. The summed E-state index contributed by atoms with van der Waals surface area (Å²) in [6.45, 7) is 3.92. The van der Waals surface area contributed by atoms with Gasteiger partial charge in [0.2, 0.25) is 0 Å². The van der Waals surface area contributed by atoms with E-state index in [1.807, 2.05) is 13.0 Å². The van der Waals surface area contributed by atoms with Crippen molar-refractivity contribution in [2.45, 2.75) is 13.8 Å². The molecule has 0 radical (unpaired) electrons. The Kier molecular flexibility index (Phi) is 3.39. The summed E-state index contributed by atoms with van der Waals surface area (Å²) in [5.41, 5.74) is 8.19. The van der Waals surface area contributed by atoms with Gasteiger partial charge in [0.1, 0.15) is 5.56 Å². The van der Waals surface area contributed by atoms with Crippen LogP contribution in [0.15, 0.2) is 18.3 Å². The molecule has 1 aromatic heterocycles. The lowest BCUT2D eigenvalue weighted by Gasteiger charge is -2.09. The third-order valence-corrected chi connectivity index (χ3v) is 3.09. The number of carbonyl (C=O) groups is 1. The van der Waals surface area contributed by atoms with Crippen molar-refractivity contribution in [3.63, 3.8) is 0 Å². The van der Waals surface area contributed by atoms with E-state index in [1.165, 1.54) is 6.20 Å². The van der Waals surface area contributed by atoms with Crippen LogP contribution in [0.2, 0.25) is 5.02 Å². The summed E-state index contributed by atoms with van der Waals surface area (Å²) in [6.07, 6.45) is 1.42. The number of anilines is 1. The number of benzene rings is 1. The smallest absolute Gasteiger partial charge is 0.341 e. The minimum Gasteiger partial charge on any atom is -0.462 e.